The Balaban J connectivity index is 1.50. The third kappa shape index (κ3) is 4.60. The van der Waals surface area contributed by atoms with Crippen molar-refractivity contribution < 1.29 is 9.53 Å². The summed E-state index contributed by atoms with van der Waals surface area (Å²) in [4.78, 5) is 16.1. The van der Waals surface area contributed by atoms with Crippen LogP contribution in [0.2, 0.25) is 0 Å². The molecule has 0 amide bonds. The van der Waals surface area contributed by atoms with E-state index < -0.39 is 0 Å². The normalized spacial score (nSPS) is 14.9. The highest BCUT2D eigenvalue weighted by atomic mass is 32.2. The molecule has 1 aromatic heterocycles. The van der Waals surface area contributed by atoms with E-state index in [1.807, 2.05) is 18.2 Å². The number of aromatic amines is 1. The van der Waals surface area contributed by atoms with Crippen LogP contribution in [0.5, 0.6) is 0 Å². The van der Waals surface area contributed by atoms with Gasteiger partial charge >= 0.3 is 5.97 Å². The summed E-state index contributed by atoms with van der Waals surface area (Å²) in [5, 5.41) is 8.10. The quantitative estimate of drug-likeness (QED) is 0.607. The van der Waals surface area contributed by atoms with E-state index >= 15 is 0 Å². The number of carbonyl (C=O) groups is 1. The molecule has 0 radical (unpaired) electrons. The third-order valence-corrected chi connectivity index (χ3v) is 5.41. The van der Waals surface area contributed by atoms with Crippen molar-refractivity contribution in [1.82, 2.24) is 15.2 Å². The number of H-pyrrole nitrogens is 1. The number of nitrogens with zero attached hydrogens (tertiary/aromatic N) is 2. The van der Waals surface area contributed by atoms with Crippen LogP contribution in [0.3, 0.4) is 0 Å². The fourth-order valence-electron chi connectivity index (χ4n) is 3.15. The van der Waals surface area contributed by atoms with Crippen molar-refractivity contribution in [2.45, 2.75) is 49.4 Å². The fourth-order valence-corrected chi connectivity index (χ4v) is 3.91. The third-order valence-electron chi connectivity index (χ3n) is 4.49. The minimum absolute atomic E-state index is 0.311. The summed E-state index contributed by atoms with van der Waals surface area (Å²) < 4.78 is 4.75. The van der Waals surface area contributed by atoms with E-state index in [4.69, 9.17) is 4.74 Å². The highest BCUT2D eigenvalue weighted by molar-refractivity contribution is 7.98. The zero-order valence-corrected chi connectivity index (χ0v) is 14.8. The van der Waals surface area contributed by atoms with E-state index in [-0.39, 0.29) is 5.97 Å². The molecule has 1 aromatic carbocycles. The topological polar surface area (TPSA) is 67.9 Å². The average molecular weight is 345 g/mol. The Morgan fingerprint density at radius 2 is 2.21 bits per heavy atom. The summed E-state index contributed by atoms with van der Waals surface area (Å²) in [7, 11) is 1.39. The molecule has 0 saturated heterocycles. The SMILES string of the molecule is COC(=O)c1cccc(CSc2n[nH]c(CCC3CCCC3)n2)c1. The van der Waals surface area contributed by atoms with E-state index in [2.05, 4.69) is 15.2 Å². The van der Waals surface area contributed by atoms with E-state index in [0.717, 1.165) is 34.6 Å². The van der Waals surface area contributed by atoms with Crippen LogP contribution in [0, 0.1) is 5.92 Å². The van der Waals surface area contributed by atoms with Crippen molar-refractivity contribution in [3.05, 3.63) is 41.2 Å². The van der Waals surface area contributed by atoms with Gasteiger partial charge in [0.25, 0.3) is 0 Å². The minimum Gasteiger partial charge on any atom is -0.465 e. The monoisotopic (exact) mass is 345 g/mol. The summed E-state index contributed by atoms with van der Waals surface area (Å²) in [5.41, 5.74) is 1.63. The number of hydrogen-bond donors (Lipinski definition) is 1. The summed E-state index contributed by atoms with van der Waals surface area (Å²) in [6.45, 7) is 0. The van der Waals surface area contributed by atoms with Crippen molar-refractivity contribution in [3.8, 4) is 0 Å². The number of hydrogen-bond acceptors (Lipinski definition) is 5. The van der Waals surface area contributed by atoms with Crippen molar-refractivity contribution in [1.29, 1.82) is 0 Å². The van der Waals surface area contributed by atoms with Gasteiger partial charge in [-0.15, -0.1) is 5.10 Å². The first-order chi connectivity index (χ1) is 11.7. The predicted octanol–water partition coefficient (Wildman–Crippen LogP) is 4.01. The molecule has 1 aliphatic rings. The first kappa shape index (κ1) is 17.0. The number of methoxy groups -OCH3 is 1. The number of ether oxygens (including phenoxy) is 1. The molecule has 1 heterocycles. The molecule has 0 aliphatic heterocycles. The second-order valence-corrected chi connectivity index (χ2v) is 7.18. The van der Waals surface area contributed by atoms with Crippen molar-refractivity contribution >= 4 is 17.7 Å². The van der Waals surface area contributed by atoms with Gasteiger partial charge in [-0.2, -0.15) is 0 Å². The van der Waals surface area contributed by atoms with Crippen LogP contribution < -0.4 is 0 Å². The lowest BCUT2D eigenvalue weighted by atomic mass is 10.0. The number of aromatic nitrogens is 3. The molecule has 1 N–H and O–H groups in total. The van der Waals surface area contributed by atoms with Crippen LogP contribution >= 0.6 is 11.8 Å². The Bertz CT molecular complexity index is 680. The lowest BCUT2D eigenvalue weighted by Gasteiger charge is -2.05. The lowest BCUT2D eigenvalue weighted by molar-refractivity contribution is 0.0600. The zero-order chi connectivity index (χ0) is 16.8. The molecule has 1 aliphatic carbocycles. The van der Waals surface area contributed by atoms with Crippen LogP contribution in [0.4, 0.5) is 0 Å². The number of aryl methyl sites for hydroxylation is 1. The van der Waals surface area contributed by atoms with Crippen molar-refractivity contribution in [2.24, 2.45) is 5.92 Å². The molecular formula is C18H23N3O2S. The Morgan fingerprint density at radius 3 is 3.00 bits per heavy atom. The smallest absolute Gasteiger partial charge is 0.337 e. The summed E-state index contributed by atoms with van der Waals surface area (Å²) in [6, 6.07) is 7.47. The standard InChI is InChI=1S/C18H23N3O2S/c1-23-17(22)15-8-4-7-14(11-15)12-24-18-19-16(20-21-18)10-9-13-5-2-3-6-13/h4,7-8,11,13H,2-3,5-6,9-10,12H2,1H3,(H,19,20,21). The van der Waals surface area contributed by atoms with Gasteiger partial charge < -0.3 is 4.74 Å². The first-order valence-electron chi connectivity index (χ1n) is 8.46. The summed E-state index contributed by atoms with van der Waals surface area (Å²) >= 11 is 1.57. The maximum absolute atomic E-state index is 11.6. The molecule has 3 rings (SSSR count). The van der Waals surface area contributed by atoms with Crippen molar-refractivity contribution in [2.75, 3.05) is 7.11 Å². The molecule has 5 nitrogen and oxygen atoms in total. The number of benzene rings is 1. The van der Waals surface area contributed by atoms with Gasteiger partial charge in [0.05, 0.1) is 12.7 Å². The molecule has 0 bridgehead atoms. The average Bonchev–Trinajstić information content (AvgIpc) is 3.29. The maximum atomic E-state index is 11.6. The minimum atomic E-state index is -0.311. The number of rotatable bonds is 7. The van der Waals surface area contributed by atoms with Gasteiger partial charge in [0, 0.05) is 12.2 Å². The molecule has 2 aromatic rings. The molecule has 1 saturated carbocycles. The number of thioether (sulfide) groups is 1. The van der Waals surface area contributed by atoms with Gasteiger partial charge in [-0.05, 0) is 30.0 Å². The van der Waals surface area contributed by atoms with Gasteiger partial charge in [-0.1, -0.05) is 49.6 Å². The molecule has 1 fully saturated rings. The maximum Gasteiger partial charge on any atom is 0.337 e. The van der Waals surface area contributed by atoms with Gasteiger partial charge in [-0.3, -0.25) is 5.10 Å². The Hall–Kier alpha value is -1.82. The Labute approximate surface area is 146 Å². The van der Waals surface area contributed by atoms with Crippen LogP contribution in [-0.2, 0) is 16.9 Å². The molecule has 24 heavy (non-hydrogen) atoms. The van der Waals surface area contributed by atoms with Gasteiger partial charge in [-0.25, -0.2) is 9.78 Å². The van der Waals surface area contributed by atoms with Crippen LogP contribution in [0.15, 0.2) is 29.4 Å². The highest BCUT2D eigenvalue weighted by Gasteiger charge is 2.15. The zero-order valence-electron chi connectivity index (χ0n) is 14.0. The largest absolute Gasteiger partial charge is 0.465 e. The first-order valence-corrected chi connectivity index (χ1v) is 9.44. The molecule has 6 heteroatoms. The van der Waals surface area contributed by atoms with Gasteiger partial charge in [0.15, 0.2) is 0 Å². The molecule has 0 spiro atoms. The number of esters is 1. The Morgan fingerprint density at radius 1 is 1.38 bits per heavy atom. The van der Waals surface area contributed by atoms with E-state index in [1.54, 1.807) is 17.8 Å². The number of carbonyl (C=O) groups excluding carboxylic acids is 1. The van der Waals surface area contributed by atoms with E-state index in [1.165, 1.54) is 39.2 Å². The second kappa shape index (κ2) is 8.33. The van der Waals surface area contributed by atoms with Crippen LogP contribution in [-0.4, -0.2) is 28.3 Å². The summed E-state index contributed by atoms with van der Waals surface area (Å²) in [6.07, 6.45) is 7.69. The summed E-state index contributed by atoms with van der Waals surface area (Å²) in [5.74, 6) is 2.26. The molecule has 0 unspecified atom stereocenters. The van der Waals surface area contributed by atoms with E-state index in [0.29, 0.717) is 5.56 Å². The fraction of sp³-hybridized carbons (Fsp3) is 0.500. The van der Waals surface area contributed by atoms with Gasteiger partial charge in [0.1, 0.15) is 5.82 Å². The molecule has 128 valence electrons. The highest BCUT2D eigenvalue weighted by Crippen LogP contribution is 2.28. The van der Waals surface area contributed by atoms with Gasteiger partial charge in [0.2, 0.25) is 5.16 Å². The lowest BCUT2D eigenvalue weighted by Crippen LogP contribution is -2.01. The molecular weight excluding hydrogens is 322 g/mol. The number of nitrogens with one attached hydrogen (secondary N) is 1. The second-order valence-electron chi connectivity index (χ2n) is 6.23. The van der Waals surface area contributed by atoms with Crippen LogP contribution in [0.1, 0.15) is 53.8 Å². The van der Waals surface area contributed by atoms with Crippen molar-refractivity contribution in [3.63, 3.8) is 0 Å². The molecule has 0 atom stereocenters. The Kier molecular flexibility index (Phi) is 5.91. The van der Waals surface area contributed by atoms with E-state index in [9.17, 15) is 4.79 Å². The predicted molar refractivity (Wildman–Crippen MR) is 94.0 cm³/mol. The van der Waals surface area contributed by atoms with Crippen LogP contribution in [0.25, 0.3) is 0 Å².